The van der Waals surface area contributed by atoms with Crippen LogP contribution < -0.4 is 10.6 Å². The predicted octanol–water partition coefficient (Wildman–Crippen LogP) is 4.17. The molecule has 0 unspecified atom stereocenters. The first-order chi connectivity index (χ1) is 11.6. The summed E-state index contributed by atoms with van der Waals surface area (Å²) in [7, 11) is 1.63. The summed E-state index contributed by atoms with van der Waals surface area (Å²) in [4.78, 5) is 0. The van der Waals surface area contributed by atoms with Crippen molar-refractivity contribution in [2.24, 2.45) is 0 Å². The summed E-state index contributed by atoms with van der Waals surface area (Å²) in [6, 6.07) is 15.3. The second kappa shape index (κ2) is 7.15. The number of thioether (sulfide) groups is 1. The summed E-state index contributed by atoms with van der Waals surface area (Å²) in [5.74, 6) is 7.56. The molecular formula is C17H17ClN4OS. The van der Waals surface area contributed by atoms with Crippen LogP contribution in [0.4, 0.5) is 0 Å². The maximum Gasteiger partial charge on any atom is 0.210 e. The van der Waals surface area contributed by atoms with Gasteiger partial charge in [0.15, 0.2) is 5.82 Å². The van der Waals surface area contributed by atoms with Gasteiger partial charge in [0.05, 0.1) is 7.11 Å². The van der Waals surface area contributed by atoms with Crippen LogP contribution in [-0.4, -0.2) is 22.0 Å². The van der Waals surface area contributed by atoms with Crippen LogP contribution in [0, 0.1) is 0 Å². The van der Waals surface area contributed by atoms with Gasteiger partial charge >= 0.3 is 0 Å². The zero-order chi connectivity index (χ0) is 17.1. The summed E-state index contributed by atoms with van der Waals surface area (Å²) < 4.78 is 6.66. The van der Waals surface area contributed by atoms with Crippen molar-refractivity contribution in [1.29, 1.82) is 0 Å². The molecule has 7 heteroatoms. The van der Waals surface area contributed by atoms with E-state index in [0.29, 0.717) is 11.0 Å². The van der Waals surface area contributed by atoms with E-state index in [9.17, 15) is 0 Å². The van der Waals surface area contributed by atoms with Crippen LogP contribution in [0.15, 0.2) is 53.7 Å². The lowest BCUT2D eigenvalue weighted by Crippen LogP contribution is -2.12. The van der Waals surface area contributed by atoms with Crippen LogP contribution in [0.2, 0.25) is 5.02 Å². The number of hydrogen-bond acceptors (Lipinski definition) is 5. The Morgan fingerprint density at radius 2 is 1.83 bits per heavy atom. The Bertz CT molecular complexity index is 835. The Morgan fingerprint density at radius 3 is 2.50 bits per heavy atom. The molecule has 1 atom stereocenters. The molecule has 5 nitrogen and oxygen atoms in total. The lowest BCUT2D eigenvalue weighted by atomic mass is 10.2. The molecule has 2 aromatic carbocycles. The summed E-state index contributed by atoms with van der Waals surface area (Å²) >= 11 is 7.77. The number of nitrogens with zero attached hydrogens (tertiary/aromatic N) is 3. The van der Waals surface area contributed by atoms with Crippen LogP contribution >= 0.6 is 23.4 Å². The molecule has 2 N–H and O–H groups in total. The van der Waals surface area contributed by atoms with E-state index in [4.69, 9.17) is 22.2 Å². The first-order valence-corrected chi connectivity index (χ1v) is 8.62. The van der Waals surface area contributed by atoms with Gasteiger partial charge in [-0.25, -0.2) is 4.68 Å². The number of methoxy groups -OCH3 is 1. The zero-order valence-electron chi connectivity index (χ0n) is 13.3. The molecule has 0 bridgehead atoms. The van der Waals surface area contributed by atoms with Gasteiger partial charge < -0.3 is 10.6 Å². The molecule has 124 valence electrons. The first-order valence-electron chi connectivity index (χ1n) is 7.36. The molecule has 0 spiro atoms. The number of halogens is 1. The molecular weight excluding hydrogens is 344 g/mol. The Labute approximate surface area is 149 Å². The Kier molecular flexibility index (Phi) is 4.97. The molecule has 0 amide bonds. The molecule has 24 heavy (non-hydrogen) atoms. The molecule has 1 aromatic heterocycles. The first kappa shape index (κ1) is 16.7. The van der Waals surface area contributed by atoms with Gasteiger partial charge in [-0.2, -0.15) is 0 Å². The molecule has 3 rings (SSSR count). The summed E-state index contributed by atoms with van der Waals surface area (Å²) in [6.07, 6.45) is 0. The van der Waals surface area contributed by atoms with Gasteiger partial charge in [0.25, 0.3) is 0 Å². The van der Waals surface area contributed by atoms with Gasteiger partial charge in [0, 0.05) is 15.8 Å². The Balaban J connectivity index is 1.83. The van der Waals surface area contributed by atoms with E-state index in [1.165, 1.54) is 16.4 Å². The van der Waals surface area contributed by atoms with Crippen molar-refractivity contribution in [3.05, 3.63) is 59.1 Å². The van der Waals surface area contributed by atoms with Crippen LogP contribution in [0.1, 0.15) is 17.7 Å². The Morgan fingerprint density at radius 1 is 1.12 bits per heavy atom. The van der Waals surface area contributed by atoms with E-state index in [0.717, 1.165) is 21.9 Å². The molecule has 0 saturated carbocycles. The third kappa shape index (κ3) is 3.34. The minimum atomic E-state index is 0.105. The van der Waals surface area contributed by atoms with Crippen molar-refractivity contribution in [3.8, 4) is 17.1 Å². The van der Waals surface area contributed by atoms with Crippen LogP contribution in [0.3, 0.4) is 0 Å². The summed E-state index contributed by atoms with van der Waals surface area (Å²) in [5.41, 5.74) is 1.92. The molecule has 0 aliphatic heterocycles. The SMILES string of the molecule is COc1ccc(-c2nnc(S[C@H](C)c3ccccc3Cl)n2N)cc1. The van der Waals surface area contributed by atoms with E-state index in [-0.39, 0.29) is 5.25 Å². The fraction of sp³-hybridized carbons (Fsp3) is 0.176. The Hall–Kier alpha value is -2.18. The topological polar surface area (TPSA) is 66.0 Å². The number of benzene rings is 2. The molecule has 0 saturated heterocycles. The van der Waals surface area contributed by atoms with Gasteiger partial charge in [0.1, 0.15) is 5.75 Å². The average molecular weight is 361 g/mol. The fourth-order valence-corrected chi connectivity index (χ4v) is 3.62. The minimum absolute atomic E-state index is 0.105. The van der Waals surface area contributed by atoms with Crippen LogP contribution in [-0.2, 0) is 0 Å². The number of nitrogen functional groups attached to an aromatic ring is 1. The van der Waals surface area contributed by atoms with E-state index in [2.05, 4.69) is 17.1 Å². The van der Waals surface area contributed by atoms with Crippen molar-refractivity contribution in [3.63, 3.8) is 0 Å². The normalized spacial score (nSPS) is 12.1. The standard InChI is InChI=1S/C17H17ClN4OS/c1-11(14-5-3-4-6-15(14)18)24-17-21-20-16(22(17)19)12-7-9-13(23-2)10-8-12/h3-11H,19H2,1-2H3/t11-/m1/s1. The highest BCUT2D eigenvalue weighted by Crippen LogP contribution is 2.37. The highest BCUT2D eigenvalue weighted by Gasteiger charge is 2.17. The largest absolute Gasteiger partial charge is 0.497 e. The quantitative estimate of drug-likeness (QED) is 0.546. The van der Waals surface area contributed by atoms with Crippen molar-refractivity contribution < 1.29 is 4.74 Å². The maximum absolute atomic E-state index is 6.26. The summed E-state index contributed by atoms with van der Waals surface area (Å²) in [6.45, 7) is 2.06. The highest BCUT2D eigenvalue weighted by molar-refractivity contribution is 7.99. The van der Waals surface area contributed by atoms with Gasteiger partial charge in [-0.05, 0) is 42.8 Å². The third-order valence-electron chi connectivity index (χ3n) is 3.64. The van der Waals surface area contributed by atoms with Gasteiger partial charge in [-0.3, -0.25) is 0 Å². The number of hydrogen-bond donors (Lipinski definition) is 1. The van der Waals surface area contributed by atoms with Crippen molar-refractivity contribution in [2.75, 3.05) is 13.0 Å². The lowest BCUT2D eigenvalue weighted by molar-refractivity contribution is 0.415. The van der Waals surface area contributed by atoms with Crippen molar-refractivity contribution in [2.45, 2.75) is 17.3 Å². The second-order valence-electron chi connectivity index (χ2n) is 5.19. The van der Waals surface area contributed by atoms with Gasteiger partial charge in [-0.1, -0.05) is 41.6 Å². The average Bonchev–Trinajstić information content (AvgIpc) is 2.96. The molecule has 0 aliphatic carbocycles. The van der Waals surface area contributed by atoms with Crippen LogP contribution in [0.5, 0.6) is 5.75 Å². The minimum Gasteiger partial charge on any atom is -0.497 e. The number of rotatable bonds is 5. The second-order valence-corrected chi connectivity index (χ2v) is 6.90. The van der Waals surface area contributed by atoms with Crippen LogP contribution in [0.25, 0.3) is 11.4 Å². The summed E-state index contributed by atoms with van der Waals surface area (Å²) in [5, 5.41) is 9.88. The van der Waals surface area contributed by atoms with Crippen molar-refractivity contribution >= 4 is 23.4 Å². The smallest absolute Gasteiger partial charge is 0.210 e. The number of nitrogens with two attached hydrogens (primary N) is 1. The predicted molar refractivity (Wildman–Crippen MR) is 97.9 cm³/mol. The third-order valence-corrected chi connectivity index (χ3v) is 5.08. The number of aromatic nitrogens is 3. The van der Waals surface area contributed by atoms with E-state index in [1.54, 1.807) is 7.11 Å². The van der Waals surface area contributed by atoms with E-state index in [1.807, 2.05) is 48.5 Å². The molecule has 0 radical (unpaired) electrons. The maximum atomic E-state index is 6.26. The van der Waals surface area contributed by atoms with Gasteiger partial charge in [-0.15, -0.1) is 10.2 Å². The molecule has 0 fully saturated rings. The molecule has 1 heterocycles. The lowest BCUT2D eigenvalue weighted by Gasteiger charge is -2.12. The monoisotopic (exact) mass is 360 g/mol. The van der Waals surface area contributed by atoms with Gasteiger partial charge in [0.2, 0.25) is 5.16 Å². The molecule has 0 aliphatic rings. The zero-order valence-corrected chi connectivity index (χ0v) is 14.9. The fourth-order valence-electron chi connectivity index (χ4n) is 2.32. The van der Waals surface area contributed by atoms with E-state index < -0.39 is 0 Å². The molecule has 3 aromatic rings. The van der Waals surface area contributed by atoms with E-state index >= 15 is 0 Å². The highest BCUT2D eigenvalue weighted by atomic mass is 35.5. The van der Waals surface area contributed by atoms with Crippen molar-refractivity contribution in [1.82, 2.24) is 14.9 Å². The number of ether oxygens (including phenoxy) is 1.